The Bertz CT molecular complexity index is 2100. The predicted octanol–water partition coefficient (Wildman–Crippen LogP) is 7.89. The Hall–Kier alpha value is -4.37. The van der Waals surface area contributed by atoms with Crippen LogP contribution in [0, 0.1) is 5.82 Å². The number of methoxy groups -OCH3 is 1. The molecule has 1 amide bonds. The third kappa shape index (κ3) is 9.20. The Morgan fingerprint density at radius 2 is 1.80 bits per heavy atom. The lowest BCUT2D eigenvalue weighted by atomic mass is 9.95. The van der Waals surface area contributed by atoms with Crippen molar-refractivity contribution in [2.24, 2.45) is 0 Å². The minimum atomic E-state index is -0.600. The quantitative estimate of drug-likeness (QED) is 0.0858. The molecule has 0 radical (unpaired) electrons. The predicted molar refractivity (Wildman–Crippen MR) is 223 cm³/mol. The van der Waals surface area contributed by atoms with Crippen LogP contribution < -0.4 is 14.4 Å². The topological polar surface area (TPSA) is 121 Å². The number of aromatic nitrogens is 3. The van der Waals surface area contributed by atoms with E-state index in [4.69, 9.17) is 43.4 Å². The van der Waals surface area contributed by atoms with Crippen molar-refractivity contribution >= 4 is 33.6 Å². The highest BCUT2D eigenvalue weighted by Crippen LogP contribution is 2.40. The summed E-state index contributed by atoms with van der Waals surface area (Å²) in [7, 11) is 1.57. The maximum atomic E-state index is 17.4. The van der Waals surface area contributed by atoms with Gasteiger partial charge in [-0.3, -0.25) is 14.8 Å². The third-order valence-electron chi connectivity index (χ3n) is 12.0. The molecular weight excluding hydrogens is 756 g/mol. The molecule has 4 fully saturated rings. The Balaban J connectivity index is 1.11. The number of amides is 1. The van der Waals surface area contributed by atoms with Gasteiger partial charge in [0.05, 0.1) is 30.7 Å². The molecule has 2 unspecified atom stereocenters. The summed E-state index contributed by atoms with van der Waals surface area (Å²) in [5.74, 6) is 0.546. The molecule has 0 N–H and O–H groups in total. The summed E-state index contributed by atoms with van der Waals surface area (Å²) in [6.07, 6.45) is 10.1. The van der Waals surface area contributed by atoms with Gasteiger partial charge in [-0.1, -0.05) is 31.5 Å². The number of halogens is 1. The van der Waals surface area contributed by atoms with Gasteiger partial charge in [0.15, 0.2) is 18.9 Å². The van der Waals surface area contributed by atoms with E-state index in [2.05, 4.69) is 22.8 Å². The smallest absolute Gasteiger partial charge is 0.410 e. The van der Waals surface area contributed by atoms with Gasteiger partial charge in [0.2, 0.25) is 0 Å². The van der Waals surface area contributed by atoms with Gasteiger partial charge < -0.3 is 33.3 Å². The summed E-state index contributed by atoms with van der Waals surface area (Å²) < 4.78 is 52.0. The Labute approximate surface area is 346 Å². The van der Waals surface area contributed by atoms with Crippen molar-refractivity contribution in [1.82, 2.24) is 24.8 Å². The number of unbranched alkanes of at least 4 members (excludes halogenated alkanes) is 2. The standard InChI is InChI=1S/C45H59FN6O7/c1-6-29-12-10-13-30-22-34(58-28-54-5)23-35(38(29)30)40-39(46)41-36(24-47-40)42(51-25-31-16-17-32(26-51)52(31)44(53)59-45(2,3)4)49-43(48-41)57-27-33-14-11-19-50(33)18-9-7-8-15-37-55-20-21-56-37/h10,12-13,22-24,31-33,37H,6-9,11,14-21,25-28H2,1-5H3/t31?,32?,33-/m0/s1. The van der Waals surface area contributed by atoms with E-state index in [0.717, 1.165) is 87.2 Å². The fourth-order valence-corrected chi connectivity index (χ4v) is 9.30. The molecule has 2 aromatic heterocycles. The first-order valence-electron chi connectivity index (χ1n) is 21.5. The maximum absolute atomic E-state index is 17.4. The zero-order chi connectivity index (χ0) is 41.1. The number of hydrogen-bond acceptors (Lipinski definition) is 12. The highest BCUT2D eigenvalue weighted by molar-refractivity contribution is 6.01. The molecule has 318 valence electrons. The van der Waals surface area contributed by atoms with Crippen LogP contribution in [0.3, 0.4) is 0 Å². The van der Waals surface area contributed by atoms with Crippen molar-refractivity contribution in [1.29, 1.82) is 0 Å². The number of likely N-dealkylation sites (tertiary alicyclic amines) is 1. The minimum absolute atomic E-state index is 0.0518. The molecule has 2 aromatic carbocycles. The second-order valence-corrected chi connectivity index (χ2v) is 17.2. The number of ether oxygens (including phenoxy) is 6. The zero-order valence-corrected chi connectivity index (χ0v) is 35.2. The van der Waals surface area contributed by atoms with Crippen LogP contribution in [0.25, 0.3) is 32.9 Å². The first kappa shape index (κ1) is 41.4. The van der Waals surface area contributed by atoms with Crippen LogP contribution in [-0.2, 0) is 25.4 Å². The zero-order valence-electron chi connectivity index (χ0n) is 35.2. The van der Waals surface area contributed by atoms with Gasteiger partial charge in [0.1, 0.15) is 35.0 Å². The lowest BCUT2D eigenvalue weighted by molar-refractivity contribution is -0.0480. The largest absolute Gasteiger partial charge is 0.468 e. The molecule has 6 heterocycles. The van der Waals surface area contributed by atoms with E-state index in [9.17, 15) is 4.79 Å². The number of piperazine rings is 1. The Morgan fingerprint density at radius 1 is 1.00 bits per heavy atom. The first-order valence-corrected chi connectivity index (χ1v) is 21.5. The van der Waals surface area contributed by atoms with E-state index in [0.29, 0.717) is 55.4 Å². The summed E-state index contributed by atoms with van der Waals surface area (Å²) in [4.78, 5) is 34.5. The molecule has 13 nitrogen and oxygen atoms in total. The normalized spacial score (nSPS) is 21.3. The molecule has 4 aromatic rings. The second-order valence-electron chi connectivity index (χ2n) is 17.2. The minimum Gasteiger partial charge on any atom is -0.468 e. The van der Waals surface area contributed by atoms with Gasteiger partial charge in [0.25, 0.3) is 0 Å². The van der Waals surface area contributed by atoms with Crippen molar-refractivity contribution in [3.05, 3.63) is 47.9 Å². The lowest BCUT2D eigenvalue weighted by Crippen LogP contribution is -2.57. The number of rotatable bonds is 15. The number of carbonyl (C=O) groups is 1. The van der Waals surface area contributed by atoms with Crippen LogP contribution in [0.4, 0.5) is 15.0 Å². The van der Waals surface area contributed by atoms with Crippen LogP contribution in [0.2, 0.25) is 0 Å². The molecule has 4 aliphatic rings. The van der Waals surface area contributed by atoms with Gasteiger partial charge >= 0.3 is 12.1 Å². The fourth-order valence-electron chi connectivity index (χ4n) is 9.30. The van der Waals surface area contributed by atoms with E-state index in [-0.39, 0.29) is 54.5 Å². The van der Waals surface area contributed by atoms with Crippen LogP contribution in [-0.4, -0.2) is 121 Å². The van der Waals surface area contributed by atoms with Crippen molar-refractivity contribution in [2.45, 2.75) is 115 Å². The number of anilines is 1. The molecule has 0 saturated carbocycles. The van der Waals surface area contributed by atoms with E-state index in [1.54, 1.807) is 13.3 Å². The number of carbonyl (C=O) groups excluding carboxylic acids is 1. The van der Waals surface area contributed by atoms with E-state index in [1.165, 1.54) is 0 Å². The first-order chi connectivity index (χ1) is 28.6. The Kier molecular flexibility index (Phi) is 12.7. The lowest BCUT2D eigenvalue weighted by Gasteiger charge is -2.42. The average Bonchev–Trinajstić information content (AvgIpc) is 3.97. The summed E-state index contributed by atoms with van der Waals surface area (Å²) >= 11 is 0. The summed E-state index contributed by atoms with van der Waals surface area (Å²) in [5, 5.41) is 2.32. The molecule has 0 spiro atoms. The van der Waals surface area contributed by atoms with E-state index in [1.807, 2.05) is 49.9 Å². The van der Waals surface area contributed by atoms with Crippen molar-refractivity contribution in [2.75, 3.05) is 64.8 Å². The highest BCUT2D eigenvalue weighted by atomic mass is 19.1. The molecular formula is C45H59FN6O7. The molecule has 4 aliphatic heterocycles. The number of hydrogen-bond donors (Lipinski definition) is 0. The SMILES string of the molecule is CCc1cccc2cc(OCOC)cc(-c3ncc4c(N5CC6CCC(C5)N6C(=O)OC(C)(C)C)nc(OC[C@@H]5CCCN5CCCCCC5OCCO5)nc4c3F)c12. The van der Waals surface area contributed by atoms with Gasteiger partial charge in [0, 0.05) is 38.0 Å². The van der Waals surface area contributed by atoms with Gasteiger partial charge in [-0.05, 0) is 114 Å². The van der Waals surface area contributed by atoms with Crippen LogP contribution in [0.5, 0.6) is 11.8 Å². The van der Waals surface area contributed by atoms with Crippen LogP contribution in [0.15, 0.2) is 36.5 Å². The van der Waals surface area contributed by atoms with Gasteiger partial charge in [-0.15, -0.1) is 0 Å². The number of pyridine rings is 1. The number of aryl methyl sites for hydroxylation is 1. The van der Waals surface area contributed by atoms with E-state index < -0.39 is 11.4 Å². The molecule has 3 atom stereocenters. The molecule has 59 heavy (non-hydrogen) atoms. The molecule has 8 rings (SSSR count). The molecule has 4 saturated heterocycles. The number of nitrogens with zero attached hydrogens (tertiary/aromatic N) is 6. The van der Waals surface area contributed by atoms with E-state index >= 15 is 4.39 Å². The van der Waals surface area contributed by atoms with Crippen LogP contribution >= 0.6 is 0 Å². The maximum Gasteiger partial charge on any atom is 0.410 e. The van der Waals surface area contributed by atoms with Gasteiger partial charge in [-0.2, -0.15) is 9.97 Å². The molecule has 14 heteroatoms. The summed E-state index contributed by atoms with van der Waals surface area (Å²) in [6, 6.07) is 10.0. The average molecular weight is 815 g/mol. The van der Waals surface area contributed by atoms with Crippen molar-refractivity contribution < 1.29 is 37.6 Å². The molecule has 2 bridgehead atoms. The second kappa shape index (κ2) is 18.1. The monoisotopic (exact) mass is 814 g/mol. The van der Waals surface area contributed by atoms with Gasteiger partial charge in [-0.25, -0.2) is 9.18 Å². The Morgan fingerprint density at radius 3 is 2.54 bits per heavy atom. The third-order valence-corrected chi connectivity index (χ3v) is 12.0. The fraction of sp³-hybridized carbons (Fsp3) is 0.600. The highest BCUT2D eigenvalue weighted by Gasteiger charge is 2.45. The van der Waals surface area contributed by atoms with Crippen molar-refractivity contribution in [3.8, 4) is 23.0 Å². The summed E-state index contributed by atoms with van der Waals surface area (Å²) in [5.41, 5.74) is 1.39. The number of benzene rings is 2. The van der Waals surface area contributed by atoms with Crippen molar-refractivity contribution in [3.63, 3.8) is 0 Å². The van der Waals surface area contributed by atoms with Crippen LogP contribution in [0.1, 0.15) is 84.6 Å². The number of fused-ring (bicyclic) bond motifs is 4. The summed E-state index contributed by atoms with van der Waals surface area (Å²) in [6.45, 7) is 12.6. The molecule has 0 aliphatic carbocycles.